The van der Waals surface area contributed by atoms with E-state index >= 15 is 0 Å². The number of benzene rings is 3. The summed E-state index contributed by atoms with van der Waals surface area (Å²) in [5.41, 5.74) is 3.56. The Morgan fingerprint density at radius 1 is 1.14 bits per heavy atom. The van der Waals surface area contributed by atoms with E-state index in [4.69, 9.17) is 19.2 Å². The van der Waals surface area contributed by atoms with Gasteiger partial charge in [-0.3, -0.25) is 9.36 Å². The van der Waals surface area contributed by atoms with Crippen molar-refractivity contribution < 1.29 is 19.0 Å². The highest BCUT2D eigenvalue weighted by Gasteiger charge is 2.33. The van der Waals surface area contributed by atoms with E-state index in [9.17, 15) is 14.9 Å². The van der Waals surface area contributed by atoms with Crippen LogP contribution in [0.2, 0.25) is 0 Å². The smallest absolute Gasteiger partial charge is 0.338 e. The van der Waals surface area contributed by atoms with Gasteiger partial charge in [0, 0.05) is 5.56 Å². The summed E-state index contributed by atoms with van der Waals surface area (Å²) in [6.07, 6.45) is 2.30. The van der Waals surface area contributed by atoms with E-state index in [1.165, 1.54) is 18.4 Å². The monoisotopic (exact) mass is 691 g/mol. The lowest BCUT2D eigenvalue weighted by Gasteiger charge is -2.25. The Hall–Kier alpha value is -4.21. The molecule has 0 amide bonds. The summed E-state index contributed by atoms with van der Waals surface area (Å²) in [6.45, 7) is 2.13. The lowest BCUT2D eigenvalue weighted by molar-refractivity contribution is -0.136. The third-order valence-corrected chi connectivity index (χ3v) is 8.61. The molecule has 42 heavy (non-hydrogen) atoms. The number of hydrogen-bond donors (Lipinski definition) is 0. The predicted molar refractivity (Wildman–Crippen MR) is 168 cm³/mol. The van der Waals surface area contributed by atoms with E-state index in [0.29, 0.717) is 44.1 Å². The molecular formula is C32H26IN3O5S. The SMILES string of the molecule is CCC1=C(C(=O)OC)[C@H](c2ccccc2)n2c(s/c(=C\c3cc(I)c(OCc4ccccc4C#N)c(OC)c3)c2=O)=N1. The Morgan fingerprint density at radius 2 is 1.88 bits per heavy atom. The molecule has 3 aromatic carbocycles. The summed E-state index contributed by atoms with van der Waals surface area (Å²) in [7, 11) is 2.89. The number of ether oxygens (including phenoxy) is 3. The molecule has 1 aliphatic rings. The van der Waals surface area contributed by atoms with Crippen LogP contribution in [0.4, 0.5) is 0 Å². The molecule has 0 aliphatic carbocycles. The summed E-state index contributed by atoms with van der Waals surface area (Å²) in [4.78, 5) is 32.1. The maximum atomic E-state index is 13.9. The lowest BCUT2D eigenvalue weighted by atomic mass is 9.95. The highest BCUT2D eigenvalue weighted by atomic mass is 127. The first-order chi connectivity index (χ1) is 20.4. The zero-order chi connectivity index (χ0) is 29.8. The van der Waals surface area contributed by atoms with Gasteiger partial charge in [-0.25, -0.2) is 9.79 Å². The molecule has 0 unspecified atom stereocenters. The minimum Gasteiger partial charge on any atom is -0.493 e. The Morgan fingerprint density at radius 3 is 2.57 bits per heavy atom. The third kappa shape index (κ3) is 5.62. The maximum absolute atomic E-state index is 13.9. The first-order valence-electron chi connectivity index (χ1n) is 13.1. The molecule has 0 spiro atoms. The zero-order valence-corrected chi connectivity index (χ0v) is 26.1. The molecule has 0 N–H and O–H groups in total. The highest BCUT2D eigenvalue weighted by Crippen LogP contribution is 2.35. The first kappa shape index (κ1) is 29.3. The Balaban J connectivity index is 1.59. The lowest BCUT2D eigenvalue weighted by Crippen LogP contribution is -2.40. The van der Waals surface area contributed by atoms with Crippen molar-refractivity contribution in [2.24, 2.45) is 4.99 Å². The number of nitrogens with zero attached hydrogens (tertiary/aromatic N) is 3. The molecule has 0 radical (unpaired) electrons. The van der Waals surface area contributed by atoms with E-state index in [2.05, 4.69) is 28.7 Å². The number of halogens is 1. The van der Waals surface area contributed by atoms with Crippen LogP contribution in [0.5, 0.6) is 11.5 Å². The van der Waals surface area contributed by atoms with Crippen LogP contribution in [-0.2, 0) is 16.1 Å². The molecule has 1 aromatic heterocycles. The molecule has 2 heterocycles. The molecule has 1 aliphatic heterocycles. The van der Waals surface area contributed by atoms with Crippen LogP contribution in [0.25, 0.3) is 6.08 Å². The van der Waals surface area contributed by atoms with Gasteiger partial charge in [0.15, 0.2) is 16.3 Å². The van der Waals surface area contributed by atoms with Crippen LogP contribution >= 0.6 is 33.9 Å². The number of carbonyl (C=O) groups is 1. The number of hydrogen-bond acceptors (Lipinski definition) is 8. The minimum atomic E-state index is -0.659. The molecule has 0 saturated heterocycles. The quantitative estimate of drug-likeness (QED) is 0.193. The Kier molecular flexibility index (Phi) is 8.89. The summed E-state index contributed by atoms with van der Waals surface area (Å²) in [5, 5.41) is 9.40. The molecule has 0 saturated carbocycles. The molecule has 1 atom stereocenters. The predicted octanol–water partition coefficient (Wildman–Crippen LogP) is 4.86. The van der Waals surface area contributed by atoms with Crippen molar-refractivity contribution in [2.75, 3.05) is 14.2 Å². The van der Waals surface area contributed by atoms with Gasteiger partial charge in [0.2, 0.25) is 0 Å². The third-order valence-electron chi connectivity index (χ3n) is 6.82. The standard InChI is InChI=1S/C32H26IN3O5S/c1-4-24-27(31(38)40-3)28(20-10-6-5-7-11-20)36-30(37)26(42-32(36)35-24)16-19-14-23(33)29(25(15-19)39-2)41-18-22-13-9-8-12-21(22)17-34/h5-16,28H,4,18H2,1-3H3/b26-16-/t28-/m0/s1. The number of fused-ring (bicyclic) bond motifs is 1. The van der Waals surface area contributed by atoms with Gasteiger partial charge in [-0.05, 0) is 64.4 Å². The summed E-state index contributed by atoms with van der Waals surface area (Å²) < 4.78 is 19.7. The van der Waals surface area contributed by atoms with Gasteiger partial charge in [-0.1, -0.05) is 66.8 Å². The van der Waals surface area contributed by atoms with Crippen molar-refractivity contribution >= 4 is 46.0 Å². The maximum Gasteiger partial charge on any atom is 0.338 e. The van der Waals surface area contributed by atoms with E-state index in [1.54, 1.807) is 29.9 Å². The number of methoxy groups -OCH3 is 2. The average Bonchev–Trinajstić information content (AvgIpc) is 3.33. The van der Waals surface area contributed by atoms with E-state index in [0.717, 1.165) is 20.3 Å². The first-order valence-corrected chi connectivity index (χ1v) is 15.0. The fourth-order valence-electron chi connectivity index (χ4n) is 4.83. The number of rotatable bonds is 8. The van der Waals surface area contributed by atoms with Crippen molar-refractivity contribution in [2.45, 2.75) is 26.0 Å². The highest BCUT2D eigenvalue weighted by molar-refractivity contribution is 14.1. The summed E-state index contributed by atoms with van der Waals surface area (Å²) in [5.74, 6) is 0.536. The van der Waals surface area contributed by atoms with Crippen molar-refractivity contribution in [1.82, 2.24) is 4.57 Å². The molecule has 0 fully saturated rings. The fourth-order valence-corrected chi connectivity index (χ4v) is 6.64. The van der Waals surface area contributed by atoms with Crippen LogP contribution in [0, 0.1) is 14.9 Å². The molecular weight excluding hydrogens is 665 g/mol. The summed E-state index contributed by atoms with van der Waals surface area (Å²) >= 11 is 3.44. The van der Waals surface area contributed by atoms with Gasteiger partial charge in [-0.2, -0.15) is 5.26 Å². The van der Waals surface area contributed by atoms with Crippen molar-refractivity contribution in [3.63, 3.8) is 0 Å². The van der Waals surface area contributed by atoms with Gasteiger partial charge in [0.1, 0.15) is 6.61 Å². The van der Waals surface area contributed by atoms with Crippen LogP contribution in [0.15, 0.2) is 87.8 Å². The van der Waals surface area contributed by atoms with Crippen molar-refractivity contribution in [3.05, 3.63) is 124 Å². The van der Waals surface area contributed by atoms with Crippen molar-refractivity contribution in [1.29, 1.82) is 5.26 Å². The van der Waals surface area contributed by atoms with Crippen LogP contribution < -0.4 is 24.4 Å². The Bertz CT molecular complexity index is 1920. The minimum absolute atomic E-state index is 0.204. The molecule has 4 aromatic rings. The summed E-state index contributed by atoms with van der Waals surface area (Å²) in [6, 6.07) is 21.9. The number of nitriles is 1. The van der Waals surface area contributed by atoms with Gasteiger partial charge in [0.25, 0.3) is 5.56 Å². The van der Waals surface area contributed by atoms with Crippen LogP contribution in [0.1, 0.15) is 41.6 Å². The molecule has 8 nitrogen and oxygen atoms in total. The van der Waals surface area contributed by atoms with Crippen molar-refractivity contribution in [3.8, 4) is 17.6 Å². The second kappa shape index (κ2) is 12.8. The van der Waals surface area contributed by atoms with Gasteiger partial charge in [-0.15, -0.1) is 0 Å². The normalized spacial score (nSPS) is 14.5. The molecule has 0 bridgehead atoms. The number of carbonyl (C=O) groups excluding carboxylic acids is 1. The largest absolute Gasteiger partial charge is 0.493 e. The number of esters is 1. The van der Waals surface area contributed by atoms with E-state index in [-0.39, 0.29) is 12.2 Å². The average molecular weight is 692 g/mol. The van der Waals surface area contributed by atoms with Gasteiger partial charge < -0.3 is 14.2 Å². The van der Waals surface area contributed by atoms with E-state index in [1.807, 2.05) is 61.5 Å². The number of allylic oxidation sites excluding steroid dienone is 1. The number of aromatic nitrogens is 1. The molecule has 212 valence electrons. The Labute approximate surface area is 260 Å². The second-order valence-electron chi connectivity index (χ2n) is 9.29. The van der Waals surface area contributed by atoms with Gasteiger partial charge >= 0.3 is 5.97 Å². The number of thiazole rings is 1. The zero-order valence-electron chi connectivity index (χ0n) is 23.1. The second-order valence-corrected chi connectivity index (χ2v) is 11.5. The van der Waals surface area contributed by atoms with Crippen LogP contribution in [-0.4, -0.2) is 24.8 Å². The van der Waals surface area contributed by atoms with E-state index < -0.39 is 12.0 Å². The van der Waals surface area contributed by atoms with Crippen LogP contribution in [0.3, 0.4) is 0 Å². The topological polar surface area (TPSA) is 103 Å². The van der Waals surface area contributed by atoms with Gasteiger partial charge in [0.05, 0.1) is 51.3 Å². The molecule has 10 heteroatoms. The molecule has 5 rings (SSSR count). The fraction of sp³-hybridized carbons (Fsp3) is 0.188.